The molecule has 3 aromatic rings. The molecule has 0 unspecified atom stereocenters. The van der Waals surface area contributed by atoms with Gasteiger partial charge in [-0.3, -0.25) is 0 Å². The zero-order valence-electron chi connectivity index (χ0n) is 18.6. The van der Waals surface area contributed by atoms with Gasteiger partial charge in [0.1, 0.15) is 0 Å². The van der Waals surface area contributed by atoms with Crippen LogP contribution in [0.4, 0.5) is 0 Å². The van der Waals surface area contributed by atoms with Gasteiger partial charge in [0.2, 0.25) is 0 Å². The number of aryl methyl sites for hydroxylation is 2. The third-order valence-electron chi connectivity index (χ3n) is 6.46. The van der Waals surface area contributed by atoms with Crippen LogP contribution < -0.4 is 0 Å². The van der Waals surface area contributed by atoms with E-state index in [0.29, 0.717) is 5.92 Å². The Hall–Kier alpha value is -2.34. The van der Waals surface area contributed by atoms with Crippen molar-refractivity contribution in [1.29, 1.82) is 0 Å². The zero-order chi connectivity index (χ0) is 20.7. The van der Waals surface area contributed by atoms with Gasteiger partial charge in [0, 0.05) is 5.41 Å². The van der Waals surface area contributed by atoms with Crippen LogP contribution in [0.3, 0.4) is 0 Å². The second-order valence-electron chi connectivity index (χ2n) is 8.24. The molecule has 3 aromatic carbocycles. The van der Waals surface area contributed by atoms with Crippen LogP contribution in [-0.4, -0.2) is 0 Å². The van der Waals surface area contributed by atoms with Gasteiger partial charge in [-0.25, -0.2) is 0 Å². The number of hydrogen-bond donors (Lipinski definition) is 0. The summed E-state index contributed by atoms with van der Waals surface area (Å²) in [6, 6.07) is 29.8. The highest BCUT2D eigenvalue weighted by Gasteiger charge is 2.43. The first-order chi connectivity index (χ1) is 14.2. The minimum atomic E-state index is -0.0664. The lowest BCUT2D eigenvalue weighted by molar-refractivity contribution is 0.271. The van der Waals surface area contributed by atoms with Gasteiger partial charge >= 0.3 is 0 Å². The molecule has 4 rings (SSSR count). The van der Waals surface area contributed by atoms with E-state index >= 15 is 0 Å². The Morgan fingerprint density at radius 1 is 0.552 bits per heavy atom. The van der Waals surface area contributed by atoms with Crippen LogP contribution in [0.5, 0.6) is 0 Å². The fraction of sp³-hybridized carbons (Fsp3) is 0.379. The second kappa shape index (κ2) is 9.92. The van der Waals surface area contributed by atoms with Crippen LogP contribution in [0.15, 0.2) is 78.9 Å². The summed E-state index contributed by atoms with van der Waals surface area (Å²) in [5.74, 6) is 0.638. The molecule has 0 N–H and O–H groups in total. The van der Waals surface area contributed by atoms with Gasteiger partial charge < -0.3 is 0 Å². The summed E-state index contributed by atoms with van der Waals surface area (Å²) < 4.78 is 0. The van der Waals surface area contributed by atoms with Crippen LogP contribution in [0.1, 0.15) is 73.8 Å². The van der Waals surface area contributed by atoms with Crippen molar-refractivity contribution in [3.05, 3.63) is 107 Å². The standard InChI is InChI=1S/C27H30.C2H6/c1-21-13-17-25(18-14-21)27(23-9-5-3-6-10-23,24-11-7-4-8-12-24)26-19-15-22(2)16-20-26;1-2/h3,5-6,9-10,13-20,24H,4,7-8,11-12H2,1-2H3;1-2H3. The van der Waals surface area contributed by atoms with Crippen molar-refractivity contribution < 1.29 is 0 Å². The van der Waals surface area contributed by atoms with E-state index in [4.69, 9.17) is 0 Å². The van der Waals surface area contributed by atoms with Crippen molar-refractivity contribution in [3.63, 3.8) is 0 Å². The Labute approximate surface area is 178 Å². The van der Waals surface area contributed by atoms with Gasteiger partial charge in [-0.15, -0.1) is 0 Å². The van der Waals surface area contributed by atoms with E-state index in [1.807, 2.05) is 13.8 Å². The monoisotopic (exact) mass is 384 g/mol. The van der Waals surface area contributed by atoms with Crippen LogP contribution in [0.25, 0.3) is 0 Å². The third-order valence-corrected chi connectivity index (χ3v) is 6.46. The molecule has 0 atom stereocenters. The summed E-state index contributed by atoms with van der Waals surface area (Å²) in [6.45, 7) is 8.36. The molecule has 1 fully saturated rings. The smallest absolute Gasteiger partial charge is 0.0479 e. The van der Waals surface area contributed by atoms with E-state index in [-0.39, 0.29) is 5.41 Å². The first kappa shape index (κ1) is 21.4. The number of benzene rings is 3. The maximum Gasteiger partial charge on any atom is 0.0479 e. The van der Waals surface area contributed by atoms with Gasteiger partial charge in [0.15, 0.2) is 0 Å². The molecule has 1 saturated carbocycles. The molecule has 0 amide bonds. The van der Waals surface area contributed by atoms with Crippen LogP contribution in [0.2, 0.25) is 0 Å². The largest absolute Gasteiger partial charge is 0.0683 e. The Bertz CT molecular complexity index is 805. The van der Waals surface area contributed by atoms with Crippen molar-refractivity contribution in [2.45, 2.75) is 65.2 Å². The van der Waals surface area contributed by atoms with Crippen molar-refractivity contribution in [2.24, 2.45) is 5.92 Å². The third kappa shape index (κ3) is 4.32. The SMILES string of the molecule is CC.Cc1ccc(C(c2ccccc2)(c2ccc(C)cc2)C2CCCCC2)cc1. The molecule has 1 aliphatic carbocycles. The molecule has 0 radical (unpaired) electrons. The van der Waals surface area contributed by atoms with Gasteiger partial charge in [-0.1, -0.05) is 123 Å². The molecule has 1 aliphatic rings. The lowest BCUT2D eigenvalue weighted by Gasteiger charge is -2.44. The summed E-state index contributed by atoms with van der Waals surface area (Å²) in [7, 11) is 0. The molecule has 0 aromatic heterocycles. The lowest BCUT2D eigenvalue weighted by atomic mass is 9.58. The molecule has 0 heteroatoms. The van der Waals surface area contributed by atoms with Crippen LogP contribution >= 0.6 is 0 Å². The van der Waals surface area contributed by atoms with Crippen LogP contribution in [-0.2, 0) is 5.41 Å². The van der Waals surface area contributed by atoms with Crippen molar-refractivity contribution >= 4 is 0 Å². The van der Waals surface area contributed by atoms with Crippen molar-refractivity contribution in [1.82, 2.24) is 0 Å². The highest BCUT2D eigenvalue weighted by Crippen LogP contribution is 2.50. The van der Waals surface area contributed by atoms with Crippen molar-refractivity contribution in [2.75, 3.05) is 0 Å². The molecule has 0 aliphatic heterocycles. The van der Waals surface area contributed by atoms with Gasteiger partial charge in [0.25, 0.3) is 0 Å². The molecule has 29 heavy (non-hydrogen) atoms. The Morgan fingerprint density at radius 2 is 0.966 bits per heavy atom. The van der Waals surface area contributed by atoms with Gasteiger partial charge in [-0.05, 0) is 49.3 Å². The molecular weight excluding hydrogens is 348 g/mol. The van der Waals surface area contributed by atoms with Gasteiger partial charge in [-0.2, -0.15) is 0 Å². The molecule has 0 saturated heterocycles. The summed E-state index contributed by atoms with van der Waals surface area (Å²) in [6.07, 6.45) is 6.67. The second-order valence-corrected chi connectivity index (χ2v) is 8.24. The molecule has 0 heterocycles. The van der Waals surface area contributed by atoms with E-state index < -0.39 is 0 Å². The molecule has 152 valence electrons. The summed E-state index contributed by atoms with van der Waals surface area (Å²) in [5.41, 5.74) is 6.90. The maximum atomic E-state index is 2.37. The Balaban J connectivity index is 0.00000117. The first-order valence-corrected chi connectivity index (χ1v) is 11.4. The highest BCUT2D eigenvalue weighted by atomic mass is 14.5. The molecule has 0 nitrogen and oxygen atoms in total. The minimum absolute atomic E-state index is 0.0664. The topological polar surface area (TPSA) is 0 Å². The Kier molecular flexibility index (Phi) is 7.31. The van der Waals surface area contributed by atoms with E-state index in [2.05, 4.69) is 92.7 Å². The van der Waals surface area contributed by atoms with Gasteiger partial charge in [0.05, 0.1) is 0 Å². The maximum absolute atomic E-state index is 2.37. The summed E-state index contributed by atoms with van der Waals surface area (Å²) >= 11 is 0. The molecule has 0 spiro atoms. The zero-order valence-corrected chi connectivity index (χ0v) is 18.6. The van der Waals surface area contributed by atoms with Crippen molar-refractivity contribution in [3.8, 4) is 0 Å². The lowest BCUT2D eigenvalue weighted by Crippen LogP contribution is -2.39. The quantitative estimate of drug-likeness (QED) is 0.397. The van der Waals surface area contributed by atoms with E-state index in [1.165, 1.54) is 59.9 Å². The predicted octanol–water partition coefficient (Wildman–Crippen LogP) is 8.24. The number of rotatable bonds is 4. The average molecular weight is 385 g/mol. The van der Waals surface area contributed by atoms with E-state index in [9.17, 15) is 0 Å². The molecule has 0 bridgehead atoms. The average Bonchev–Trinajstić information content (AvgIpc) is 2.79. The summed E-state index contributed by atoms with van der Waals surface area (Å²) in [4.78, 5) is 0. The predicted molar refractivity (Wildman–Crippen MR) is 127 cm³/mol. The summed E-state index contributed by atoms with van der Waals surface area (Å²) in [5, 5.41) is 0. The highest BCUT2D eigenvalue weighted by molar-refractivity contribution is 5.52. The molecular formula is C29H36. The van der Waals surface area contributed by atoms with E-state index in [0.717, 1.165) is 0 Å². The first-order valence-electron chi connectivity index (χ1n) is 11.4. The fourth-order valence-electron chi connectivity index (χ4n) is 5.08. The Morgan fingerprint density at radius 3 is 1.41 bits per heavy atom. The normalized spacial score (nSPS) is 14.8. The number of hydrogen-bond acceptors (Lipinski definition) is 0. The minimum Gasteiger partial charge on any atom is -0.0683 e. The van der Waals surface area contributed by atoms with Crippen LogP contribution in [0, 0.1) is 19.8 Å². The fourth-order valence-corrected chi connectivity index (χ4v) is 5.08. The van der Waals surface area contributed by atoms with E-state index in [1.54, 1.807) is 0 Å².